The highest BCUT2D eigenvalue weighted by atomic mass is 16.3. The first kappa shape index (κ1) is 15.5. The van der Waals surface area contributed by atoms with Gasteiger partial charge in [-0.05, 0) is 35.7 Å². The first-order valence-corrected chi connectivity index (χ1v) is 8.81. The summed E-state index contributed by atoms with van der Waals surface area (Å²) in [6, 6.07) is 16.8. The highest BCUT2D eigenvalue weighted by Gasteiger charge is 2.33. The van der Waals surface area contributed by atoms with Crippen LogP contribution in [0.15, 0.2) is 48.5 Å². The summed E-state index contributed by atoms with van der Waals surface area (Å²) in [7, 11) is 0. The fraction of sp³-hybridized carbons (Fsp3) is 0.400. The first-order chi connectivity index (χ1) is 11.7. The van der Waals surface area contributed by atoms with Crippen LogP contribution in [0.1, 0.15) is 11.1 Å². The van der Waals surface area contributed by atoms with E-state index in [9.17, 15) is 5.11 Å². The SMILES string of the molecule is Nc1cccc2c1C[C@@H](N1CCN(c3ccccc3)CC1)[C@H](O)C2. The Kier molecular flexibility index (Phi) is 4.17. The number of nitrogens with two attached hydrogens (primary N) is 1. The van der Waals surface area contributed by atoms with Crippen LogP contribution in [0.2, 0.25) is 0 Å². The summed E-state index contributed by atoms with van der Waals surface area (Å²) in [6.07, 6.45) is 1.26. The zero-order valence-corrected chi connectivity index (χ0v) is 13.9. The summed E-state index contributed by atoms with van der Waals surface area (Å²) >= 11 is 0. The molecule has 24 heavy (non-hydrogen) atoms. The molecule has 126 valence electrons. The Labute approximate surface area is 143 Å². The van der Waals surface area contributed by atoms with Crippen molar-refractivity contribution in [2.45, 2.75) is 25.0 Å². The zero-order chi connectivity index (χ0) is 16.5. The van der Waals surface area contributed by atoms with Gasteiger partial charge in [-0.3, -0.25) is 4.90 Å². The van der Waals surface area contributed by atoms with E-state index < -0.39 is 0 Å². The predicted octanol–water partition coefficient (Wildman–Crippen LogP) is 1.92. The maximum absolute atomic E-state index is 10.6. The Morgan fingerprint density at radius 1 is 0.875 bits per heavy atom. The van der Waals surface area contributed by atoms with Gasteiger partial charge < -0.3 is 15.7 Å². The van der Waals surface area contributed by atoms with Gasteiger partial charge in [0.1, 0.15) is 0 Å². The van der Waals surface area contributed by atoms with Crippen molar-refractivity contribution in [2.75, 3.05) is 36.8 Å². The van der Waals surface area contributed by atoms with E-state index in [1.165, 1.54) is 16.8 Å². The quantitative estimate of drug-likeness (QED) is 0.829. The maximum Gasteiger partial charge on any atom is 0.0739 e. The van der Waals surface area contributed by atoms with Crippen molar-refractivity contribution < 1.29 is 5.11 Å². The van der Waals surface area contributed by atoms with Gasteiger partial charge in [-0.2, -0.15) is 0 Å². The molecular weight excluding hydrogens is 298 g/mol. The van der Waals surface area contributed by atoms with Gasteiger partial charge in [-0.15, -0.1) is 0 Å². The Morgan fingerprint density at radius 2 is 1.62 bits per heavy atom. The van der Waals surface area contributed by atoms with Gasteiger partial charge >= 0.3 is 0 Å². The number of piperazine rings is 1. The molecule has 0 amide bonds. The molecule has 0 saturated carbocycles. The number of fused-ring (bicyclic) bond motifs is 1. The average molecular weight is 323 g/mol. The monoisotopic (exact) mass is 323 g/mol. The number of rotatable bonds is 2. The standard InChI is InChI=1S/C20H25N3O/c21-18-8-4-5-15-13-20(24)19(14-17(15)18)23-11-9-22(10-12-23)16-6-2-1-3-7-16/h1-8,19-20,24H,9-14,21H2/t19-,20-/m1/s1. The van der Waals surface area contributed by atoms with E-state index >= 15 is 0 Å². The third-order valence-corrected chi connectivity index (χ3v) is 5.50. The molecule has 0 aromatic heterocycles. The molecular formula is C20H25N3O. The van der Waals surface area contributed by atoms with Crippen LogP contribution in [-0.2, 0) is 12.8 Å². The van der Waals surface area contributed by atoms with E-state index in [1.807, 2.05) is 12.1 Å². The number of aliphatic hydroxyl groups excluding tert-OH is 1. The lowest BCUT2D eigenvalue weighted by Gasteiger charge is -2.43. The third-order valence-electron chi connectivity index (χ3n) is 5.50. The Morgan fingerprint density at radius 3 is 2.38 bits per heavy atom. The molecule has 4 heteroatoms. The summed E-state index contributed by atoms with van der Waals surface area (Å²) < 4.78 is 0. The molecule has 0 radical (unpaired) electrons. The molecule has 0 spiro atoms. The Bertz CT molecular complexity index is 695. The van der Waals surface area contributed by atoms with Crippen molar-refractivity contribution >= 4 is 11.4 Å². The van der Waals surface area contributed by atoms with Crippen LogP contribution >= 0.6 is 0 Å². The lowest BCUT2D eigenvalue weighted by atomic mass is 9.84. The molecule has 1 aliphatic carbocycles. The van der Waals surface area contributed by atoms with Crippen LogP contribution in [-0.4, -0.2) is 48.3 Å². The molecule has 4 rings (SSSR count). The van der Waals surface area contributed by atoms with Crippen LogP contribution in [0.3, 0.4) is 0 Å². The largest absolute Gasteiger partial charge is 0.398 e. The van der Waals surface area contributed by atoms with Crippen molar-refractivity contribution in [3.05, 3.63) is 59.7 Å². The van der Waals surface area contributed by atoms with Gasteiger partial charge in [0.15, 0.2) is 0 Å². The molecule has 0 bridgehead atoms. The molecule has 2 atom stereocenters. The molecule has 1 heterocycles. The number of benzene rings is 2. The summed E-state index contributed by atoms with van der Waals surface area (Å²) in [5, 5.41) is 10.6. The maximum atomic E-state index is 10.6. The van der Waals surface area contributed by atoms with E-state index in [0.717, 1.165) is 38.3 Å². The summed E-state index contributed by atoms with van der Waals surface area (Å²) in [5.74, 6) is 0. The highest BCUT2D eigenvalue weighted by molar-refractivity contribution is 5.53. The number of nitrogens with zero attached hydrogens (tertiary/aromatic N) is 2. The number of aliphatic hydroxyl groups is 1. The zero-order valence-electron chi connectivity index (χ0n) is 13.9. The normalized spacial score (nSPS) is 24.6. The van der Waals surface area contributed by atoms with Gasteiger partial charge in [0.05, 0.1) is 6.10 Å². The highest BCUT2D eigenvalue weighted by Crippen LogP contribution is 2.30. The minimum absolute atomic E-state index is 0.181. The van der Waals surface area contributed by atoms with Crippen molar-refractivity contribution in [3.63, 3.8) is 0 Å². The van der Waals surface area contributed by atoms with Crippen molar-refractivity contribution in [3.8, 4) is 0 Å². The van der Waals surface area contributed by atoms with Gasteiger partial charge in [-0.1, -0.05) is 30.3 Å². The first-order valence-electron chi connectivity index (χ1n) is 8.81. The fourth-order valence-electron chi connectivity index (χ4n) is 4.12. The topological polar surface area (TPSA) is 52.7 Å². The minimum Gasteiger partial charge on any atom is -0.398 e. The van der Waals surface area contributed by atoms with E-state index in [1.54, 1.807) is 0 Å². The third kappa shape index (κ3) is 2.87. The van der Waals surface area contributed by atoms with Crippen LogP contribution in [0.4, 0.5) is 11.4 Å². The van der Waals surface area contributed by atoms with Gasteiger partial charge in [-0.25, -0.2) is 0 Å². The summed E-state index contributed by atoms with van der Waals surface area (Å²) in [5.41, 5.74) is 10.8. The van der Waals surface area contributed by atoms with Gasteiger partial charge in [0, 0.05) is 50.0 Å². The molecule has 3 N–H and O–H groups in total. The Balaban J connectivity index is 1.45. The second-order valence-electron chi connectivity index (χ2n) is 6.89. The smallest absolute Gasteiger partial charge is 0.0739 e. The number of para-hydroxylation sites is 1. The van der Waals surface area contributed by atoms with Crippen LogP contribution in [0, 0.1) is 0 Å². The van der Waals surface area contributed by atoms with E-state index in [4.69, 9.17) is 5.73 Å². The Hall–Kier alpha value is -2.04. The molecule has 2 aromatic carbocycles. The average Bonchev–Trinajstić information content (AvgIpc) is 2.62. The van der Waals surface area contributed by atoms with Crippen LogP contribution in [0.5, 0.6) is 0 Å². The van der Waals surface area contributed by atoms with Gasteiger partial charge in [0.2, 0.25) is 0 Å². The van der Waals surface area contributed by atoms with E-state index in [-0.39, 0.29) is 12.1 Å². The number of nitrogen functional groups attached to an aromatic ring is 1. The molecule has 1 fully saturated rings. The molecule has 2 aromatic rings. The van der Waals surface area contributed by atoms with Crippen molar-refractivity contribution in [1.82, 2.24) is 4.90 Å². The van der Waals surface area contributed by atoms with Crippen molar-refractivity contribution in [1.29, 1.82) is 0 Å². The molecule has 0 unspecified atom stereocenters. The predicted molar refractivity (Wildman–Crippen MR) is 98.3 cm³/mol. The lowest BCUT2D eigenvalue weighted by molar-refractivity contribution is 0.0397. The lowest BCUT2D eigenvalue weighted by Crippen LogP contribution is -2.56. The van der Waals surface area contributed by atoms with Crippen LogP contribution in [0.25, 0.3) is 0 Å². The molecule has 1 aliphatic heterocycles. The van der Waals surface area contributed by atoms with Crippen molar-refractivity contribution in [2.24, 2.45) is 0 Å². The fourth-order valence-corrected chi connectivity index (χ4v) is 4.12. The van der Waals surface area contributed by atoms with Crippen LogP contribution < -0.4 is 10.6 Å². The van der Waals surface area contributed by atoms with E-state index in [0.29, 0.717) is 6.42 Å². The summed E-state index contributed by atoms with van der Waals surface area (Å²) in [4.78, 5) is 4.87. The van der Waals surface area contributed by atoms with E-state index in [2.05, 4.69) is 46.2 Å². The minimum atomic E-state index is -0.303. The molecule has 1 saturated heterocycles. The molecule has 4 nitrogen and oxygen atoms in total. The number of hydrogen-bond acceptors (Lipinski definition) is 4. The molecule has 2 aliphatic rings. The number of anilines is 2. The summed E-state index contributed by atoms with van der Waals surface area (Å²) in [6.45, 7) is 3.98. The van der Waals surface area contributed by atoms with Gasteiger partial charge in [0.25, 0.3) is 0 Å². The second kappa shape index (κ2) is 6.46. The second-order valence-corrected chi connectivity index (χ2v) is 6.89. The number of hydrogen-bond donors (Lipinski definition) is 2.